The van der Waals surface area contributed by atoms with Crippen molar-refractivity contribution in [1.82, 2.24) is 4.90 Å². The van der Waals surface area contributed by atoms with Crippen LogP contribution in [0.4, 0.5) is 0 Å². The predicted octanol–water partition coefficient (Wildman–Crippen LogP) is 3.44. The Kier molecular flexibility index (Phi) is 3.90. The summed E-state index contributed by atoms with van der Waals surface area (Å²) in [6.07, 6.45) is 8.19. The van der Waals surface area contributed by atoms with Gasteiger partial charge in [0, 0.05) is 18.6 Å². The van der Waals surface area contributed by atoms with E-state index in [1.165, 1.54) is 44.1 Å². The second-order valence-electron chi connectivity index (χ2n) is 6.26. The highest BCUT2D eigenvalue weighted by Crippen LogP contribution is 2.44. The van der Waals surface area contributed by atoms with Crippen LogP contribution < -0.4 is 5.73 Å². The zero-order valence-electron chi connectivity index (χ0n) is 12.0. The molecule has 1 aromatic rings. The standard InChI is InChI=1S/C17H26N2/c1-19(14-6-2-3-7-14)17(12-18)16-9-5-4-8-15(16)13-10-11-13/h4-5,8-9,13-14,17H,2-3,6-7,10-12,18H2,1H3. The minimum absolute atomic E-state index is 0.403. The van der Waals surface area contributed by atoms with Gasteiger partial charge in [0.2, 0.25) is 0 Å². The van der Waals surface area contributed by atoms with Crippen LogP contribution in [0, 0.1) is 0 Å². The van der Waals surface area contributed by atoms with E-state index < -0.39 is 0 Å². The average molecular weight is 258 g/mol. The second kappa shape index (κ2) is 5.64. The van der Waals surface area contributed by atoms with Gasteiger partial charge in [-0.3, -0.25) is 4.90 Å². The Morgan fingerprint density at radius 2 is 1.84 bits per heavy atom. The average Bonchev–Trinajstić information content (AvgIpc) is 3.14. The van der Waals surface area contributed by atoms with Gasteiger partial charge in [-0.25, -0.2) is 0 Å². The lowest BCUT2D eigenvalue weighted by molar-refractivity contribution is 0.179. The van der Waals surface area contributed by atoms with Crippen molar-refractivity contribution < 1.29 is 0 Å². The molecular formula is C17H26N2. The summed E-state index contributed by atoms with van der Waals surface area (Å²) in [5.41, 5.74) is 9.17. The van der Waals surface area contributed by atoms with Crippen molar-refractivity contribution in [3.63, 3.8) is 0 Å². The molecule has 2 fully saturated rings. The number of rotatable bonds is 5. The molecule has 1 unspecified atom stereocenters. The van der Waals surface area contributed by atoms with Crippen molar-refractivity contribution in [2.24, 2.45) is 5.73 Å². The van der Waals surface area contributed by atoms with E-state index >= 15 is 0 Å². The summed E-state index contributed by atoms with van der Waals surface area (Å²) in [4.78, 5) is 2.55. The molecule has 2 saturated carbocycles. The molecule has 0 saturated heterocycles. The Morgan fingerprint density at radius 1 is 1.16 bits per heavy atom. The Morgan fingerprint density at radius 3 is 2.47 bits per heavy atom. The lowest BCUT2D eigenvalue weighted by atomic mass is 9.95. The number of nitrogens with zero attached hydrogens (tertiary/aromatic N) is 1. The summed E-state index contributed by atoms with van der Waals surface area (Å²) in [6.45, 7) is 0.733. The molecule has 0 radical (unpaired) electrons. The van der Waals surface area contributed by atoms with E-state index in [1.807, 2.05) is 0 Å². The first-order chi connectivity index (χ1) is 9.31. The number of hydrogen-bond donors (Lipinski definition) is 1. The molecule has 2 aliphatic carbocycles. The van der Waals surface area contributed by atoms with Gasteiger partial charge < -0.3 is 5.73 Å². The van der Waals surface area contributed by atoms with Crippen molar-refractivity contribution in [1.29, 1.82) is 0 Å². The lowest BCUT2D eigenvalue weighted by Gasteiger charge is -2.33. The number of hydrogen-bond acceptors (Lipinski definition) is 2. The molecular weight excluding hydrogens is 232 g/mol. The third-order valence-electron chi connectivity index (χ3n) is 4.99. The van der Waals surface area contributed by atoms with Gasteiger partial charge >= 0.3 is 0 Å². The largest absolute Gasteiger partial charge is 0.329 e. The zero-order chi connectivity index (χ0) is 13.2. The number of likely N-dealkylation sites (N-methyl/N-ethyl adjacent to an activating group) is 1. The molecule has 1 aromatic carbocycles. The smallest absolute Gasteiger partial charge is 0.0473 e. The van der Waals surface area contributed by atoms with Crippen LogP contribution in [0.2, 0.25) is 0 Å². The van der Waals surface area contributed by atoms with Crippen molar-refractivity contribution in [3.05, 3.63) is 35.4 Å². The number of benzene rings is 1. The summed E-state index contributed by atoms with van der Waals surface area (Å²) in [5, 5.41) is 0. The third kappa shape index (κ3) is 2.70. The first-order valence-electron chi connectivity index (χ1n) is 7.82. The fraction of sp³-hybridized carbons (Fsp3) is 0.647. The molecule has 0 aliphatic heterocycles. The van der Waals surface area contributed by atoms with E-state index in [9.17, 15) is 0 Å². The molecule has 0 spiro atoms. The van der Waals surface area contributed by atoms with E-state index in [-0.39, 0.29) is 0 Å². The fourth-order valence-electron chi connectivity index (χ4n) is 3.66. The summed E-state index contributed by atoms with van der Waals surface area (Å²) in [7, 11) is 2.27. The van der Waals surface area contributed by atoms with Gasteiger partial charge in [-0.2, -0.15) is 0 Å². The minimum Gasteiger partial charge on any atom is -0.329 e. The second-order valence-corrected chi connectivity index (χ2v) is 6.26. The van der Waals surface area contributed by atoms with Crippen LogP contribution in [0.5, 0.6) is 0 Å². The summed E-state index contributed by atoms with van der Waals surface area (Å²) < 4.78 is 0. The molecule has 1 atom stereocenters. The highest BCUT2D eigenvalue weighted by molar-refractivity contribution is 5.36. The zero-order valence-corrected chi connectivity index (χ0v) is 12.0. The molecule has 104 valence electrons. The predicted molar refractivity (Wildman–Crippen MR) is 80.2 cm³/mol. The third-order valence-corrected chi connectivity index (χ3v) is 4.99. The molecule has 2 heteroatoms. The molecule has 0 amide bonds. The van der Waals surface area contributed by atoms with Gasteiger partial charge in [-0.1, -0.05) is 37.1 Å². The SMILES string of the molecule is CN(C1CCCC1)C(CN)c1ccccc1C1CC1. The van der Waals surface area contributed by atoms with Crippen molar-refractivity contribution in [3.8, 4) is 0 Å². The van der Waals surface area contributed by atoms with Gasteiger partial charge in [0.15, 0.2) is 0 Å². The van der Waals surface area contributed by atoms with Crippen molar-refractivity contribution >= 4 is 0 Å². The van der Waals surface area contributed by atoms with Crippen LogP contribution in [-0.4, -0.2) is 24.5 Å². The monoisotopic (exact) mass is 258 g/mol. The van der Waals surface area contributed by atoms with E-state index in [0.717, 1.165) is 18.5 Å². The highest BCUT2D eigenvalue weighted by Gasteiger charge is 2.31. The van der Waals surface area contributed by atoms with Gasteiger partial charge in [0.05, 0.1) is 0 Å². The first-order valence-corrected chi connectivity index (χ1v) is 7.82. The fourth-order valence-corrected chi connectivity index (χ4v) is 3.66. The summed E-state index contributed by atoms with van der Waals surface area (Å²) in [5.74, 6) is 0.808. The Bertz CT molecular complexity index is 419. The van der Waals surface area contributed by atoms with Crippen LogP contribution in [0.25, 0.3) is 0 Å². The minimum atomic E-state index is 0.403. The maximum absolute atomic E-state index is 6.12. The van der Waals surface area contributed by atoms with Crippen LogP contribution in [0.1, 0.15) is 61.6 Å². The van der Waals surface area contributed by atoms with Crippen molar-refractivity contribution in [2.45, 2.75) is 56.5 Å². The van der Waals surface area contributed by atoms with Gasteiger partial charge in [0.25, 0.3) is 0 Å². The van der Waals surface area contributed by atoms with E-state index in [2.05, 4.69) is 36.2 Å². The molecule has 3 rings (SSSR count). The molecule has 2 N–H and O–H groups in total. The molecule has 0 aromatic heterocycles. The quantitative estimate of drug-likeness (QED) is 0.876. The lowest BCUT2D eigenvalue weighted by Crippen LogP contribution is -2.37. The van der Waals surface area contributed by atoms with E-state index in [4.69, 9.17) is 5.73 Å². The van der Waals surface area contributed by atoms with Gasteiger partial charge in [-0.05, 0) is 49.8 Å². The first kappa shape index (κ1) is 13.1. The molecule has 0 bridgehead atoms. The van der Waals surface area contributed by atoms with Crippen LogP contribution in [0.15, 0.2) is 24.3 Å². The summed E-state index contributed by atoms with van der Waals surface area (Å²) >= 11 is 0. The highest BCUT2D eigenvalue weighted by atomic mass is 15.2. The Balaban J connectivity index is 1.84. The maximum atomic E-state index is 6.12. The van der Waals surface area contributed by atoms with E-state index in [0.29, 0.717) is 6.04 Å². The Labute approximate surface area is 117 Å². The maximum Gasteiger partial charge on any atom is 0.0473 e. The van der Waals surface area contributed by atoms with E-state index in [1.54, 1.807) is 5.56 Å². The molecule has 2 nitrogen and oxygen atoms in total. The normalized spacial score (nSPS) is 22.1. The molecule has 0 heterocycles. The van der Waals surface area contributed by atoms with Crippen LogP contribution >= 0.6 is 0 Å². The van der Waals surface area contributed by atoms with Gasteiger partial charge in [0.1, 0.15) is 0 Å². The summed E-state index contributed by atoms with van der Waals surface area (Å²) in [6, 6.07) is 10.1. The Hall–Kier alpha value is -0.860. The molecule has 2 aliphatic rings. The topological polar surface area (TPSA) is 29.3 Å². The number of nitrogens with two attached hydrogens (primary N) is 1. The van der Waals surface area contributed by atoms with Crippen molar-refractivity contribution in [2.75, 3.05) is 13.6 Å². The van der Waals surface area contributed by atoms with Gasteiger partial charge in [-0.15, -0.1) is 0 Å². The molecule has 19 heavy (non-hydrogen) atoms. The van der Waals surface area contributed by atoms with Crippen LogP contribution in [0.3, 0.4) is 0 Å². The van der Waals surface area contributed by atoms with Crippen LogP contribution in [-0.2, 0) is 0 Å².